The Morgan fingerprint density at radius 3 is 2.36 bits per heavy atom. The van der Waals surface area contributed by atoms with E-state index in [4.69, 9.17) is 14.0 Å². The van der Waals surface area contributed by atoms with Crippen LogP contribution in [0.2, 0.25) is 0 Å². The number of nitrogens with one attached hydrogen (secondary N) is 1. The number of hydrogen-bond donors (Lipinski definition) is 1. The molecule has 0 saturated carbocycles. The van der Waals surface area contributed by atoms with Gasteiger partial charge >= 0.3 is 13.1 Å². The minimum atomic E-state index is -0.515. The number of nitrogens with zero attached hydrogens (tertiary/aromatic N) is 1. The third-order valence-electron chi connectivity index (χ3n) is 4.65. The van der Waals surface area contributed by atoms with Crippen LogP contribution in [0.25, 0.3) is 10.9 Å². The molecule has 1 N–H and O–H groups in total. The van der Waals surface area contributed by atoms with Gasteiger partial charge in [0.2, 0.25) is 0 Å². The van der Waals surface area contributed by atoms with Crippen molar-refractivity contribution in [2.24, 2.45) is 0 Å². The molecule has 2 aromatic rings. The second-order valence-electron chi connectivity index (χ2n) is 6.67. The zero-order valence-electron chi connectivity index (χ0n) is 16.1. The Bertz CT molecular complexity index is 739. The Balaban J connectivity index is 0.00000109. The van der Waals surface area contributed by atoms with Gasteiger partial charge in [-0.25, -0.2) is 4.79 Å². The summed E-state index contributed by atoms with van der Waals surface area (Å²) in [4.78, 5) is 12.1. The molecule has 0 aliphatic carbocycles. The van der Waals surface area contributed by atoms with Gasteiger partial charge in [0.15, 0.2) is 0 Å². The summed E-state index contributed by atoms with van der Waals surface area (Å²) >= 11 is 0. The molecule has 0 spiro atoms. The number of carbonyl (C=O) groups is 1. The lowest BCUT2D eigenvalue weighted by molar-refractivity contribution is 0.00578. The van der Waals surface area contributed by atoms with E-state index in [1.54, 1.807) is 19.2 Å². The Morgan fingerprint density at radius 1 is 1.20 bits per heavy atom. The second kappa shape index (κ2) is 7.18. The van der Waals surface area contributed by atoms with Gasteiger partial charge in [0.25, 0.3) is 0 Å². The van der Waals surface area contributed by atoms with Crippen molar-refractivity contribution in [2.45, 2.75) is 59.7 Å². The van der Waals surface area contributed by atoms with Crippen LogP contribution in [0, 0.1) is 0 Å². The number of benzene rings is 1. The van der Waals surface area contributed by atoms with Crippen LogP contribution in [-0.4, -0.2) is 41.1 Å². The normalized spacial score (nSPS) is 18.0. The van der Waals surface area contributed by atoms with Crippen LogP contribution in [0.1, 0.15) is 58.8 Å². The minimum Gasteiger partial charge on any atom is -0.462 e. The summed E-state index contributed by atoms with van der Waals surface area (Å²) in [5, 5.41) is 7.71. The van der Waals surface area contributed by atoms with Crippen LogP contribution in [-0.2, 0) is 14.0 Å². The van der Waals surface area contributed by atoms with Crippen molar-refractivity contribution in [3.05, 3.63) is 23.9 Å². The van der Waals surface area contributed by atoms with E-state index in [0.29, 0.717) is 17.6 Å². The Labute approximate surface area is 149 Å². The highest BCUT2D eigenvalue weighted by Crippen LogP contribution is 2.37. The fourth-order valence-electron chi connectivity index (χ4n) is 2.61. The van der Waals surface area contributed by atoms with E-state index in [2.05, 4.69) is 10.2 Å². The maximum Gasteiger partial charge on any atom is 0.497 e. The molecule has 3 rings (SSSR count). The van der Waals surface area contributed by atoms with Crippen LogP contribution < -0.4 is 5.46 Å². The zero-order chi connectivity index (χ0) is 18.8. The van der Waals surface area contributed by atoms with Crippen LogP contribution in [0.5, 0.6) is 0 Å². The number of fused-ring (bicyclic) bond motifs is 1. The van der Waals surface area contributed by atoms with Crippen molar-refractivity contribution < 1.29 is 18.8 Å². The van der Waals surface area contributed by atoms with E-state index in [1.807, 2.05) is 47.6 Å². The van der Waals surface area contributed by atoms with Crippen LogP contribution in [0.4, 0.5) is 0 Å². The van der Waals surface area contributed by atoms with Gasteiger partial charge in [0.1, 0.15) is 0 Å². The van der Waals surface area contributed by atoms with E-state index in [0.717, 1.165) is 11.0 Å². The molecule has 1 aromatic carbocycles. The van der Waals surface area contributed by atoms with Crippen LogP contribution in [0.3, 0.4) is 0 Å². The topological polar surface area (TPSA) is 73.4 Å². The highest BCUT2D eigenvalue weighted by molar-refractivity contribution is 6.65. The maximum atomic E-state index is 12.1. The fraction of sp³-hybridized carbons (Fsp3) is 0.556. The van der Waals surface area contributed by atoms with Crippen molar-refractivity contribution in [1.82, 2.24) is 10.2 Å². The predicted molar refractivity (Wildman–Crippen MR) is 99.1 cm³/mol. The molecule has 1 aliphatic rings. The molecule has 0 amide bonds. The molecule has 2 heterocycles. The molecular weight excluding hydrogens is 319 g/mol. The first-order chi connectivity index (χ1) is 11.8. The van der Waals surface area contributed by atoms with Gasteiger partial charge in [-0.3, -0.25) is 5.10 Å². The molecule has 25 heavy (non-hydrogen) atoms. The summed E-state index contributed by atoms with van der Waals surface area (Å²) in [5.41, 5.74) is 1.18. The van der Waals surface area contributed by atoms with E-state index in [9.17, 15) is 4.79 Å². The fourth-order valence-corrected chi connectivity index (χ4v) is 2.61. The predicted octanol–water partition coefficient (Wildman–Crippen LogP) is 3.07. The summed E-state index contributed by atoms with van der Waals surface area (Å²) < 4.78 is 17.3. The molecule has 136 valence electrons. The number of aromatic nitrogens is 2. The number of esters is 1. The van der Waals surface area contributed by atoms with Gasteiger partial charge in [-0.15, -0.1) is 0 Å². The molecule has 1 aliphatic heterocycles. The van der Waals surface area contributed by atoms with E-state index < -0.39 is 18.3 Å². The standard InChI is InChI=1S/C16H21BN2O4.C2H6/c1-6-21-14(20)10-7-8-12(13-11(10)9-18-19-13)17-22-15(2,3)16(4,5)23-17;1-2/h7-9H,6H2,1-5H3,(H,18,19);1-2H3. The smallest absolute Gasteiger partial charge is 0.462 e. The summed E-state index contributed by atoms with van der Waals surface area (Å²) in [6.07, 6.45) is 1.62. The Morgan fingerprint density at radius 2 is 1.80 bits per heavy atom. The molecular formula is C18H27BN2O4. The highest BCUT2D eigenvalue weighted by Gasteiger charge is 2.52. The maximum absolute atomic E-state index is 12.1. The van der Waals surface area contributed by atoms with E-state index in [1.165, 1.54) is 0 Å². The van der Waals surface area contributed by atoms with Gasteiger partial charge in [-0.05, 0) is 40.7 Å². The van der Waals surface area contributed by atoms with Gasteiger partial charge < -0.3 is 14.0 Å². The molecule has 0 atom stereocenters. The number of carbonyl (C=O) groups excluding carboxylic acids is 1. The number of H-pyrrole nitrogens is 1. The first-order valence-electron chi connectivity index (χ1n) is 8.75. The first-order valence-corrected chi connectivity index (χ1v) is 8.75. The van der Waals surface area contributed by atoms with Gasteiger partial charge in [0.05, 0.1) is 35.1 Å². The summed E-state index contributed by atoms with van der Waals surface area (Å²) in [5.74, 6) is -0.362. The third kappa shape index (κ3) is 3.44. The number of aromatic amines is 1. The third-order valence-corrected chi connectivity index (χ3v) is 4.65. The number of hydrogen-bond acceptors (Lipinski definition) is 5. The van der Waals surface area contributed by atoms with Crippen LogP contribution >= 0.6 is 0 Å². The molecule has 6 nitrogen and oxygen atoms in total. The van der Waals surface area contributed by atoms with Crippen molar-refractivity contribution in [1.29, 1.82) is 0 Å². The molecule has 7 heteroatoms. The van der Waals surface area contributed by atoms with Gasteiger partial charge in [-0.2, -0.15) is 5.10 Å². The molecule has 1 fully saturated rings. The average molecular weight is 346 g/mol. The number of ether oxygens (including phenoxy) is 1. The van der Waals surface area contributed by atoms with Crippen molar-refractivity contribution in [3.63, 3.8) is 0 Å². The molecule has 1 aromatic heterocycles. The summed E-state index contributed by atoms with van der Waals surface area (Å²) in [7, 11) is -0.515. The quantitative estimate of drug-likeness (QED) is 0.683. The van der Waals surface area contributed by atoms with Crippen LogP contribution in [0.15, 0.2) is 18.3 Å². The zero-order valence-corrected chi connectivity index (χ0v) is 16.1. The van der Waals surface area contributed by atoms with Gasteiger partial charge in [0, 0.05) is 10.8 Å². The number of rotatable bonds is 3. The highest BCUT2D eigenvalue weighted by atomic mass is 16.7. The largest absolute Gasteiger partial charge is 0.497 e. The molecule has 1 saturated heterocycles. The lowest BCUT2D eigenvalue weighted by Crippen LogP contribution is -2.41. The molecule has 0 bridgehead atoms. The Kier molecular flexibility index (Phi) is 5.59. The van der Waals surface area contributed by atoms with E-state index >= 15 is 0 Å². The van der Waals surface area contributed by atoms with Crippen molar-refractivity contribution in [2.75, 3.05) is 6.61 Å². The second-order valence-corrected chi connectivity index (χ2v) is 6.67. The van der Waals surface area contributed by atoms with Gasteiger partial charge in [-0.1, -0.05) is 19.9 Å². The SMILES string of the molecule is CC.CCOC(=O)c1ccc(B2OC(C)(C)C(C)(C)O2)c2[nH]ncc12. The molecule has 0 radical (unpaired) electrons. The van der Waals surface area contributed by atoms with Crippen molar-refractivity contribution in [3.8, 4) is 0 Å². The lowest BCUT2D eigenvalue weighted by Gasteiger charge is -2.32. The average Bonchev–Trinajstić information content (AvgIpc) is 3.11. The monoisotopic (exact) mass is 346 g/mol. The molecule has 0 unspecified atom stereocenters. The first kappa shape index (κ1) is 19.5. The Hall–Kier alpha value is -1.86. The van der Waals surface area contributed by atoms with Crippen molar-refractivity contribution >= 4 is 29.5 Å². The minimum absolute atomic E-state index is 0.331. The summed E-state index contributed by atoms with van der Waals surface area (Å²) in [6, 6.07) is 3.56. The lowest BCUT2D eigenvalue weighted by atomic mass is 9.77. The van der Waals surface area contributed by atoms with E-state index in [-0.39, 0.29) is 5.97 Å². The summed E-state index contributed by atoms with van der Waals surface area (Å²) in [6.45, 7) is 14.1.